The highest BCUT2D eigenvalue weighted by atomic mass is 35.5. The zero-order valence-corrected chi connectivity index (χ0v) is 19.0. The van der Waals surface area contributed by atoms with Crippen LogP contribution in [-0.2, 0) is 14.8 Å². The minimum absolute atomic E-state index is 0.132. The topological polar surface area (TPSA) is 86.8 Å². The molecule has 0 spiro atoms. The molecule has 0 radical (unpaired) electrons. The van der Waals surface area contributed by atoms with Gasteiger partial charge in [-0.1, -0.05) is 42.6 Å². The van der Waals surface area contributed by atoms with Crippen LogP contribution in [0.1, 0.15) is 36.0 Å². The number of benzene rings is 2. The van der Waals surface area contributed by atoms with E-state index in [1.54, 1.807) is 42.5 Å². The lowest BCUT2D eigenvalue weighted by Gasteiger charge is -2.24. The first-order valence-electron chi connectivity index (χ1n) is 10.2. The predicted octanol–water partition coefficient (Wildman–Crippen LogP) is 3.76. The van der Waals surface area contributed by atoms with Crippen molar-refractivity contribution in [1.29, 1.82) is 0 Å². The summed E-state index contributed by atoms with van der Waals surface area (Å²) in [5.74, 6) is -0.686. The fraction of sp³-hybridized carbons (Fsp3) is 0.364. The summed E-state index contributed by atoms with van der Waals surface area (Å²) in [5, 5.41) is 3.07. The Morgan fingerprint density at radius 3 is 2.35 bits per heavy atom. The minimum Gasteiger partial charge on any atom is -0.339 e. The van der Waals surface area contributed by atoms with Crippen molar-refractivity contribution in [3.8, 4) is 0 Å². The van der Waals surface area contributed by atoms with Crippen molar-refractivity contribution in [1.82, 2.24) is 4.90 Å². The van der Waals surface area contributed by atoms with E-state index in [0.29, 0.717) is 35.1 Å². The van der Waals surface area contributed by atoms with Crippen LogP contribution in [0, 0.1) is 0 Å². The molecule has 1 N–H and O–H groups in total. The zero-order chi connectivity index (χ0) is 22.4. The molecule has 1 aliphatic heterocycles. The van der Waals surface area contributed by atoms with E-state index in [4.69, 9.17) is 11.6 Å². The number of sulfonamides is 1. The highest BCUT2D eigenvalue weighted by Crippen LogP contribution is 2.23. The lowest BCUT2D eigenvalue weighted by Crippen LogP contribution is -2.38. The third kappa shape index (κ3) is 6.21. The van der Waals surface area contributed by atoms with Crippen LogP contribution in [-0.4, -0.2) is 51.0 Å². The first-order valence-corrected chi connectivity index (χ1v) is 12.4. The van der Waals surface area contributed by atoms with Crippen molar-refractivity contribution in [2.45, 2.75) is 25.7 Å². The number of rotatable bonds is 6. The second-order valence-corrected chi connectivity index (χ2v) is 9.89. The molecule has 166 valence electrons. The normalized spacial score (nSPS) is 14.6. The smallest absolute Gasteiger partial charge is 0.255 e. The minimum atomic E-state index is -3.73. The SMILES string of the molecule is CS(=O)(=O)N(CC(=O)Nc1ccccc1C(=O)N1CCCCCC1)c1cccc(Cl)c1. The Morgan fingerprint density at radius 1 is 1.03 bits per heavy atom. The van der Waals surface area contributed by atoms with Gasteiger partial charge < -0.3 is 10.2 Å². The average Bonchev–Trinajstić information content (AvgIpc) is 3.01. The monoisotopic (exact) mass is 463 g/mol. The van der Waals surface area contributed by atoms with Crippen LogP contribution in [0.25, 0.3) is 0 Å². The maximum absolute atomic E-state index is 13.0. The van der Waals surface area contributed by atoms with Gasteiger partial charge in [-0.15, -0.1) is 0 Å². The van der Waals surface area contributed by atoms with Crippen molar-refractivity contribution in [3.63, 3.8) is 0 Å². The van der Waals surface area contributed by atoms with Crippen LogP contribution < -0.4 is 9.62 Å². The van der Waals surface area contributed by atoms with Gasteiger partial charge >= 0.3 is 0 Å². The molecule has 0 aliphatic carbocycles. The van der Waals surface area contributed by atoms with Crippen molar-refractivity contribution < 1.29 is 18.0 Å². The molecule has 2 aromatic carbocycles. The van der Waals surface area contributed by atoms with Crippen LogP contribution in [0.4, 0.5) is 11.4 Å². The Hall–Kier alpha value is -2.58. The van der Waals surface area contributed by atoms with Crippen LogP contribution in [0.3, 0.4) is 0 Å². The molecule has 1 aliphatic rings. The van der Waals surface area contributed by atoms with Crippen molar-refractivity contribution >= 4 is 44.8 Å². The number of hydrogen-bond donors (Lipinski definition) is 1. The summed E-state index contributed by atoms with van der Waals surface area (Å²) in [6, 6.07) is 13.1. The molecule has 0 unspecified atom stereocenters. The number of carbonyl (C=O) groups is 2. The fourth-order valence-electron chi connectivity index (χ4n) is 3.57. The Balaban J connectivity index is 1.79. The van der Waals surface area contributed by atoms with Crippen LogP contribution in [0.2, 0.25) is 5.02 Å². The van der Waals surface area contributed by atoms with E-state index in [9.17, 15) is 18.0 Å². The molecular weight excluding hydrogens is 438 g/mol. The van der Waals surface area contributed by atoms with Gasteiger partial charge in [0.2, 0.25) is 15.9 Å². The van der Waals surface area contributed by atoms with Gasteiger partial charge in [0.1, 0.15) is 6.54 Å². The maximum atomic E-state index is 13.0. The van der Waals surface area contributed by atoms with E-state index in [0.717, 1.165) is 36.2 Å². The Labute approximate surface area is 188 Å². The number of para-hydroxylation sites is 1. The van der Waals surface area contributed by atoms with Gasteiger partial charge in [0.25, 0.3) is 5.91 Å². The summed E-state index contributed by atoms with van der Waals surface area (Å²) in [4.78, 5) is 27.6. The van der Waals surface area contributed by atoms with Crippen LogP contribution in [0.5, 0.6) is 0 Å². The van der Waals surface area contributed by atoms with E-state index >= 15 is 0 Å². The van der Waals surface area contributed by atoms with Gasteiger partial charge in [0.15, 0.2) is 0 Å². The molecule has 7 nitrogen and oxygen atoms in total. The van der Waals surface area contributed by atoms with Gasteiger partial charge in [-0.05, 0) is 43.2 Å². The van der Waals surface area contributed by atoms with Gasteiger partial charge in [-0.25, -0.2) is 8.42 Å². The summed E-state index contributed by atoms with van der Waals surface area (Å²) >= 11 is 5.98. The van der Waals surface area contributed by atoms with E-state index in [-0.39, 0.29) is 5.91 Å². The molecule has 0 atom stereocenters. The van der Waals surface area contributed by atoms with Crippen molar-refractivity contribution in [2.75, 3.05) is 35.5 Å². The molecule has 0 saturated carbocycles. The van der Waals surface area contributed by atoms with Gasteiger partial charge in [-0.2, -0.15) is 0 Å². The molecule has 0 aromatic heterocycles. The van der Waals surface area contributed by atoms with Gasteiger partial charge in [0, 0.05) is 18.1 Å². The van der Waals surface area contributed by atoms with Crippen molar-refractivity contribution in [3.05, 3.63) is 59.1 Å². The quantitative estimate of drug-likeness (QED) is 0.706. The second kappa shape index (κ2) is 10.2. The molecule has 1 saturated heterocycles. The molecule has 0 bridgehead atoms. The van der Waals surface area contributed by atoms with Crippen molar-refractivity contribution in [2.24, 2.45) is 0 Å². The molecule has 2 aromatic rings. The third-order valence-electron chi connectivity index (χ3n) is 5.11. The fourth-order valence-corrected chi connectivity index (χ4v) is 4.61. The average molecular weight is 464 g/mol. The highest BCUT2D eigenvalue weighted by molar-refractivity contribution is 7.92. The lowest BCUT2D eigenvalue weighted by atomic mass is 10.1. The first kappa shape index (κ1) is 23.1. The second-order valence-electron chi connectivity index (χ2n) is 7.55. The standard InChI is InChI=1S/C22H26ClN3O4S/c1-31(29,30)26(18-10-8-9-17(23)15-18)16-21(27)24-20-12-5-4-11-19(20)22(28)25-13-6-2-3-7-14-25/h4-5,8-12,15H,2-3,6-7,13-14,16H2,1H3,(H,24,27). The number of amides is 2. The highest BCUT2D eigenvalue weighted by Gasteiger charge is 2.24. The van der Waals surface area contributed by atoms with E-state index < -0.39 is 22.5 Å². The number of hydrogen-bond acceptors (Lipinski definition) is 4. The Kier molecular flexibility index (Phi) is 7.56. The number of halogens is 1. The molecule has 31 heavy (non-hydrogen) atoms. The number of nitrogens with zero attached hydrogens (tertiary/aromatic N) is 2. The van der Waals surface area contributed by atoms with Crippen LogP contribution in [0.15, 0.2) is 48.5 Å². The summed E-state index contributed by atoms with van der Waals surface area (Å²) in [6.45, 7) is 0.945. The summed E-state index contributed by atoms with van der Waals surface area (Å²) < 4.78 is 25.6. The van der Waals surface area contributed by atoms with E-state index in [1.165, 1.54) is 6.07 Å². The number of nitrogens with one attached hydrogen (secondary N) is 1. The Morgan fingerprint density at radius 2 is 1.71 bits per heavy atom. The lowest BCUT2D eigenvalue weighted by molar-refractivity contribution is -0.114. The maximum Gasteiger partial charge on any atom is 0.255 e. The Bertz CT molecular complexity index is 1050. The first-order chi connectivity index (χ1) is 14.8. The molecule has 3 rings (SSSR count). The molecule has 2 amide bonds. The van der Waals surface area contributed by atoms with Gasteiger partial charge in [0.05, 0.1) is 23.2 Å². The zero-order valence-electron chi connectivity index (χ0n) is 17.4. The predicted molar refractivity (Wildman–Crippen MR) is 123 cm³/mol. The van der Waals surface area contributed by atoms with E-state index in [1.807, 2.05) is 4.90 Å². The summed E-state index contributed by atoms with van der Waals surface area (Å²) in [5.41, 5.74) is 1.05. The molecular formula is C22H26ClN3O4S. The summed E-state index contributed by atoms with van der Waals surface area (Å²) in [6.07, 6.45) is 5.16. The number of carbonyl (C=O) groups excluding carboxylic acids is 2. The van der Waals surface area contributed by atoms with E-state index in [2.05, 4.69) is 5.32 Å². The number of likely N-dealkylation sites (tertiary alicyclic amines) is 1. The van der Waals surface area contributed by atoms with Crippen LogP contribution >= 0.6 is 11.6 Å². The molecule has 1 heterocycles. The number of anilines is 2. The third-order valence-corrected chi connectivity index (χ3v) is 6.48. The molecule has 1 fully saturated rings. The largest absolute Gasteiger partial charge is 0.339 e. The van der Waals surface area contributed by atoms with Gasteiger partial charge in [-0.3, -0.25) is 13.9 Å². The molecule has 9 heteroatoms. The summed E-state index contributed by atoms with van der Waals surface area (Å²) in [7, 11) is -3.73.